The Hall–Kier alpha value is -3.68. The van der Waals surface area contributed by atoms with Crippen molar-refractivity contribution in [2.75, 3.05) is 7.11 Å². The summed E-state index contributed by atoms with van der Waals surface area (Å²) in [5, 5.41) is 4.54. The van der Waals surface area contributed by atoms with Crippen molar-refractivity contribution in [3.8, 4) is 17.1 Å². The highest BCUT2D eigenvalue weighted by Crippen LogP contribution is 2.32. The van der Waals surface area contributed by atoms with Crippen molar-refractivity contribution in [1.82, 2.24) is 19.3 Å². The second-order valence-corrected chi connectivity index (χ2v) is 7.00. The van der Waals surface area contributed by atoms with Crippen LogP contribution >= 0.6 is 0 Å². The smallest absolute Gasteiger partial charge is 0.332 e. The number of aromatic nitrogens is 4. The zero-order valence-corrected chi connectivity index (χ0v) is 15.7. The fourth-order valence-corrected chi connectivity index (χ4v) is 3.54. The van der Waals surface area contributed by atoms with Gasteiger partial charge in [0.2, 0.25) is 11.7 Å². The summed E-state index contributed by atoms with van der Waals surface area (Å²) < 4.78 is 13.6. The van der Waals surface area contributed by atoms with E-state index in [0.717, 1.165) is 12.8 Å². The second kappa shape index (κ2) is 6.73. The number of benzene rings is 2. The number of hydrogen-bond acceptors (Lipinski definition) is 6. The summed E-state index contributed by atoms with van der Waals surface area (Å²) >= 11 is 0. The first-order valence-corrected chi connectivity index (χ1v) is 9.37. The predicted molar refractivity (Wildman–Crippen MR) is 106 cm³/mol. The van der Waals surface area contributed by atoms with Crippen LogP contribution in [-0.4, -0.2) is 26.4 Å². The summed E-state index contributed by atoms with van der Waals surface area (Å²) in [6, 6.07) is 14.4. The molecule has 1 aliphatic carbocycles. The molecule has 0 bridgehead atoms. The van der Waals surface area contributed by atoms with E-state index in [4.69, 9.17) is 9.26 Å². The molecule has 4 aromatic rings. The highest BCUT2D eigenvalue weighted by Gasteiger charge is 2.29. The maximum absolute atomic E-state index is 13.1. The maximum Gasteiger partial charge on any atom is 0.332 e. The molecule has 0 spiro atoms. The fraction of sp³-hybridized carbons (Fsp3) is 0.238. The molecular formula is C21H18N4O4. The Balaban J connectivity index is 1.61. The average molecular weight is 390 g/mol. The summed E-state index contributed by atoms with van der Waals surface area (Å²) in [6.07, 6.45) is 1.68. The number of ether oxygens (including phenoxy) is 1. The van der Waals surface area contributed by atoms with Crippen LogP contribution < -0.4 is 16.0 Å². The monoisotopic (exact) mass is 390 g/mol. The maximum atomic E-state index is 13.1. The van der Waals surface area contributed by atoms with Gasteiger partial charge in [-0.3, -0.25) is 13.9 Å². The van der Waals surface area contributed by atoms with Crippen molar-refractivity contribution in [3.63, 3.8) is 0 Å². The van der Waals surface area contributed by atoms with E-state index >= 15 is 0 Å². The van der Waals surface area contributed by atoms with E-state index in [1.54, 1.807) is 31.4 Å². The molecule has 5 rings (SSSR count). The molecule has 146 valence electrons. The molecule has 1 fully saturated rings. The number of para-hydroxylation sites is 2. The van der Waals surface area contributed by atoms with E-state index in [0.29, 0.717) is 28.0 Å². The Morgan fingerprint density at radius 1 is 1.10 bits per heavy atom. The van der Waals surface area contributed by atoms with Crippen LogP contribution in [0.15, 0.2) is 62.6 Å². The SMILES string of the molecule is COc1ccccc1-c1noc(Cn2c(=O)n(C3CC3)c(=O)c3ccccc32)n1. The zero-order chi connectivity index (χ0) is 20.0. The van der Waals surface area contributed by atoms with Gasteiger partial charge in [-0.15, -0.1) is 0 Å². The van der Waals surface area contributed by atoms with Crippen LogP contribution in [0.1, 0.15) is 24.8 Å². The highest BCUT2D eigenvalue weighted by atomic mass is 16.5. The van der Waals surface area contributed by atoms with Gasteiger partial charge in [0, 0.05) is 6.04 Å². The molecule has 2 aromatic heterocycles. The Morgan fingerprint density at radius 2 is 1.86 bits per heavy atom. The minimum absolute atomic E-state index is 0.0299. The summed E-state index contributed by atoms with van der Waals surface area (Å²) in [7, 11) is 1.58. The van der Waals surface area contributed by atoms with Crippen LogP contribution in [-0.2, 0) is 6.54 Å². The molecule has 0 radical (unpaired) electrons. The standard InChI is InChI=1S/C21H18N4O4/c1-28-17-9-5-3-7-15(17)19-22-18(29-23-19)12-24-16-8-4-2-6-14(16)20(26)25(21(24)27)13-10-11-13/h2-9,13H,10-12H2,1H3. The van der Waals surface area contributed by atoms with Crippen LogP contribution in [0, 0.1) is 0 Å². The highest BCUT2D eigenvalue weighted by molar-refractivity contribution is 5.78. The van der Waals surface area contributed by atoms with Gasteiger partial charge in [-0.25, -0.2) is 4.79 Å². The fourth-order valence-electron chi connectivity index (χ4n) is 3.54. The van der Waals surface area contributed by atoms with Gasteiger partial charge < -0.3 is 9.26 Å². The van der Waals surface area contributed by atoms with Gasteiger partial charge in [0.05, 0.1) is 23.6 Å². The van der Waals surface area contributed by atoms with Crippen LogP contribution in [0.4, 0.5) is 0 Å². The molecule has 2 aromatic carbocycles. The van der Waals surface area contributed by atoms with Crippen LogP contribution in [0.3, 0.4) is 0 Å². The molecule has 0 amide bonds. The number of methoxy groups -OCH3 is 1. The lowest BCUT2D eigenvalue weighted by atomic mass is 10.2. The Morgan fingerprint density at radius 3 is 2.66 bits per heavy atom. The molecule has 8 heteroatoms. The first kappa shape index (κ1) is 17.4. The molecule has 1 aliphatic rings. The summed E-state index contributed by atoms with van der Waals surface area (Å²) in [4.78, 5) is 30.3. The van der Waals surface area contributed by atoms with Gasteiger partial charge in [0.1, 0.15) is 12.3 Å². The number of fused-ring (bicyclic) bond motifs is 1. The molecule has 1 saturated carbocycles. The van der Waals surface area contributed by atoms with E-state index in [1.807, 2.05) is 24.3 Å². The number of hydrogen-bond donors (Lipinski definition) is 0. The van der Waals surface area contributed by atoms with Gasteiger partial charge >= 0.3 is 5.69 Å². The van der Waals surface area contributed by atoms with Gasteiger partial charge in [-0.05, 0) is 37.1 Å². The quantitative estimate of drug-likeness (QED) is 0.520. The molecule has 0 unspecified atom stereocenters. The van der Waals surface area contributed by atoms with Crippen molar-refractivity contribution in [2.45, 2.75) is 25.4 Å². The molecule has 2 heterocycles. The predicted octanol–water partition coefficient (Wildman–Crippen LogP) is 2.61. The summed E-state index contributed by atoms with van der Waals surface area (Å²) in [6.45, 7) is 0.0779. The van der Waals surface area contributed by atoms with E-state index in [9.17, 15) is 9.59 Å². The summed E-state index contributed by atoms with van der Waals surface area (Å²) in [5.41, 5.74) is 0.652. The van der Waals surface area contributed by atoms with Crippen molar-refractivity contribution < 1.29 is 9.26 Å². The minimum atomic E-state index is -0.353. The largest absolute Gasteiger partial charge is 0.496 e. The third-order valence-electron chi connectivity index (χ3n) is 5.10. The first-order valence-electron chi connectivity index (χ1n) is 9.37. The van der Waals surface area contributed by atoms with Gasteiger partial charge in [0.15, 0.2) is 0 Å². The lowest BCUT2D eigenvalue weighted by molar-refractivity contribution is 0.368. The lowest BCUT2D eigenvalue weighted by Crippen LogP contribution is -2.39. The van der Waals surface area contributed by atoms with Crippen LogP contribution in [0.25, 0.3) is 22.3 Å². The minimum Gasteiger partial charge on any atom is -0.496 e. The van der Waals surface area contributed by atoms with Crippen molar-refractivity contribution in [3.05, 3.63) is 75.3 Å². The molecule has 0 aliphatic heterocycles. The van der Waals surface area contributed by atoms with Gasteiger partial charge in [0.25, 0.3) is 5.56 Å². The number of rotatable bonds is 5. The van der Waals surface area contributed by atoms with Crippen molar-refractivity contribution in [1.29, 1.82) is 0 Å². The second-order valence-electron chi connectivity index (χ2n) is 7.00. The van der Waals surface area contributed by atoms with Crippen LogP contribution in [0.2, 0.25) is 0 Å². The topological polar surface area (TPSA) is 92.2 Å². The Kier molecular flexibility index (Phi) is 4.04. The molecular weight excluding hydrogens is 372 g/mol. The van der Waals surface area contributed by atoms with Crippen molar-refractivity contribution in [2.24, 2.45) is 0 Å². The van der Waals surface area contributed by atoms with E-state index in [2.05, 4.69) is 10.1 Å². The third-order valence-corrected chi connectivity index (χ3v) is 5.10. The molecule has 8 nitrogen and oxygen atoms in total. The molecule has 0 atom stereocenters. The lowest BCUT2D eigenvalue weighted by Gasteiger charge is -2.12. The van der Waals surface area contributed by atoms with Gasteiger partial charge in [-0.2, -0.15) is 4.98 Å². The summed E-state index contributed by atoms with van der Waals surface area (Å²) in [5.74, 6) is 1.29. The zero-order valence-electron chi connectivity index (χ0n) is 15.7. The normalized spacial score (nSPS) is 13.7. The average Bonchev–Trinajstić information content (AvgIpc) is 3.48. The molecule has 0 N–H and O–H groups in total. The van der Waals surface area contributed by atoms with Crippen molar-refractivity contribution >= 4 is 10.9 Å². The molecule has 0 saturated heterocycles. The van der Waals surface area contributed by atoms with E-state index in [-0.39, 0.29) is 29.7 Å². The van der Waals surface area contributed by atoms with Crippen LogP contribution in [0.5, 0.6) is 5.75 Å². The van der Waals surface area contributed by atoms with Gasteiger partial charge in [-0.1, -0.05) is 29.4 Å². The number of nitrogens with zero attached hydrogens (tertiary/aromatic N) is 4. The Labute approximate surface area is 165 Å². The molecule has 29 heavy (non-hydrogen) atoms. The van der Waals surface area contributed by atoms with E-state index < -0.39 is 0 Å². The Bertz CT molecular complexity index is 1330. The first-order chi connectivity index (χ1) is 14.2. The third kappa shape index (κ3) is 2.93. The van der Waals surface area contributed by atoms with E-state index in [1.165, 1.54) is 9.13 Å².